The second kappa shape index (κ2) is 5.52. The fourth-order valence-corrected chi connectivity index (χ4v) is 8.27. The maximum Gasteiger partial charge on any atom is 0.166 e. The number of hydrogen-bond donors (Lipinski definition) is 1. The van der Waals surface area contributed by atoms with E-state index in [1.54, 1.807) is 7.11 Å². The first-order chi connectivity index (χ1) is 15.6. The van der Waals surface area contributed by atoms with Crippen LogP contribution in [0.2, 0.25) is 0 Å². The molecule has 32 heavy (non-hydrogen) atoms. The fraction of sp³-hybridized carbons (Fsp3) is 0.481. The molecule has 0 radical (unpaired) electrons. The third kappa shape index (κ3) is 1.70. The summed E-state index contributed by atoms with van der Waals surface area (Å²) in [6.45, 7) is 2.00. The van der Waals surface area contributed by atoms with Crippen molar-refractivity contribution >= 4 is 10.9 Å². The van der Waals surface area contributed by atoms with Crippen LogP contribution in [0.3, 0.4) is 0 Å². The van der Waals surface area contributed by atoms with Gasteiger partial charge in [-0.1, -0.05) is 24.3 Å². The summed E-state index contributed by atoms with van der Waals surface area (Å²) in [7, 11) is 3.90. The summed E-state index contributed by atoms with van der Waals surface area (Å²) in [6, 6.07) is 11.1. The van der Waals surface area contributed by atoms with Crippen LogP contribution in [0.5, 0.6) is 11.5 Å². The Labute approximate surface area is 187 Å². The van der Waals surface area contributed by atoms with E-state index in [1.165, 1.54) is 38.9 Å². The molecule has 2 bridgehead atoms. The Kier molecular flexibility index (Phi) is 3.10. The highest BCUT2D eigenvalue weighted by Gasteiger charge is 2.72. The summed E-state index contributed by atoms with van der Waals surface area (Å²) in [5.74, 6) is 1.67. The van der Waals surface area contributed by atoms with Crippen LogP contribution >= 0.6 is 0 Å². The zero-order chi connectivity index (χ0) is 21.4. The number of nitrogens with zero attached hydrogens (tertiary/aromatic N) is 2. The highest BCUT2D eigenvalue weighted by molar-refractivity contribution is 5.90. The molecular weight excluding hydrogens is 400 g/mol. The molecule has 0 saturated carbocycles. The van der Waals surface area contributed by atoms with Gasteiger partial charge >= 0.3 is 0 Å². The number of aliphatic hydroxyl groups is 1. The van der Waals surface area contributed by atoms with E-state index in [0.29, 0.717) is 6.42 Å². The Morgan fingerprint density at radius 3 is 2.94 bits per heavy atom. The van der Waals surface area contributed by atoms with Crippen molar-refractivity contribution in [2.24, 2.45) is 0 Å². The molecule has 1 aromatic heterocycles. The molecule has 2 aromatic carbocycles. The standard InChI is InChI=1S/C27H28N2O3/c1-28-12-10-26-21-16-8-9-19(31-2)24(21)32-25(26)23-18(14-27(26,30)20(28)13-16)17-7-3-5-15-6-4-11-29(23)22(15)17/h3,5,7-9,20,25,30H,4,6,10-14H2,1-2H3/t20-,25+,26+,27-/m1/s1. The van der Waals surface area contributed by atoms with Crippen molar-refractivity contribution in [3.05, 3.63) is 58.3 Å². The van der Waals surface area contributed by atoms with Gasteiger partial charge in [-0.05, 0) is 62.0 Å². The van der Waals surface area contributed by atoms with Crippen molar-refractivity contribution in [3.8, 4) is 11.5 Å². The van der Waals surface area contributed by atoms with Gasteiger partial charge in [-0.15, -0.1) is 0 Å². The van der Waals surface area contributed by atoms with E-state index in [-0.39, 0.29) is 12.1 Å². The van der Waals surface area contributed by atoms with Gasteiger partial charge in [0.1, 0.15) is 0 Å². The number of aryl methyl sites for hydroxylation is 2. The first kappa shape index (κ1) is 18.0. The lowest BCUT2D eigenvalue weighted by Crippen LogP contribution is -2.74. The first-order valence-electron chi connectivity index (χ1n) is 12.0. The highest BCUT2D eigenvalue weighted by atomic mass is 16.5. The number of piperidine rings is 1. The van der Waals surface area contributed by atoms with Gasteiger partial charge in [-0.2, -0.15) is 0 Å². The van der Waals surface area contributed by atoms with Crippen LogP contribution in [-0.4, -0.2) is 46.9 Å². The van der Waals surface area contributed by atoms with Crippen LogP contribution in [0.15, 0.2) is 30.3 Å². The van der Waals surface area contributed by atoms with E-state index in [2.05, 4.69) is 46.8 Å². The largest absolute Gasteiger partial charge is 0.493 e. The lowest BCUT2D eigenvalue weighted by Gasteiger charge is -2.62. The molecule has 0 amide bonds. The van der Waals surface area contributed by atoms with Gasteiger partial charge in [0.25, 0.3) is 0 Å². The summed E-state index contributed by atoms with van der Waals surface area (Å²) >= 11 is 0. The summed E-state index contributed by atoms with van der Waals surface area (Å²) in [5.41, 5.74) is 6.71. The number of rotatable bonds is 1. The van der Waals surface area contributed by atoms with Crippen molar-refractivity contribution in [2.45, 2.75) is 61.8 Å². The molecule has 1 fully saturated rings. The number of hydrogen-bond acceptors (Lipinski definition) is 4. The van der Waals surface area contributed by atoms with Gasteiger partial charge in [0, 0.05) is 30.0 Å². The Morgan fingerprint density at radius 2 is 2.06 bits per heavy atom. The van der Waals surface area contributed by atoms with E-state index in [1.807, 2.05) is 0 Å². The number of aromatic nitrogens is 1. The normalized spacial score (nSPS) is 33.6. The minimum Gasteiger partial charge on any atom is -0.493 e. The highest BCUT2D eigenvalue weighted by Crippen LogP contribution is 2.69. The number of methoxy groups -OCH3 is 1. The molecule has 0 unspecified atom stereocenters. The second-order valence-corrected chi connectivity index (χ2v) is 10.6. The summed E-state index contributed by atoms with van der Waals surface area (Å²) < 4.78 is 15.3. The minimum absolute atomic E-state index is 0.0917. The number of ether oxygens (including phenoxy) is 2. The quantitative estimate of drug-likeness (QED) is 0.644. The van der Waals surface area contributed by atoms with Gasteiger partial charge in [-0.25, -0.2) is 0 Å². The number of likely N-dealkylation sites (N-methyl/N-ethyl adjacent to an activating group) is 1. The van der Waals surface area contributed by atoms with E-state index in [9.17, 15) is 5.11 Å². The molecule has 8 rings (SSSR count). The number of fused-ring (bicyclic) bond motifs is 4. The zero-order valence-corrected chi connectivity index (χ0v) is 18.6. The number of benzene rings is 2. The number of para-hydroxylation sites is 1. The molecule has 5 heteroatoms. The molecular formula is C27H28N2O3. The number of likely N-dealkylation sites (tertiary alicyclic amines) is 1. The monoisotopic (exact) mass is 428 g/mol. The van der Waals surface area contributed by atoms with Gasteiger partial charge in [0.05, 0.1) is 29.3 Å². The third-order valence-corrected chi connectivity index (χ3v) is 9.52. The molecule has 5 aliphatic rings. The Balaban J connectivity index is 1.52. The summed E-state index contributed by atoms with van der Waals surface area (Å²) in [6.07, 6.45) is 4.57. The van der Waals surface area contributed by atoms with E-state index < -0.39 is 11.0 Å². The minimum atomic E-state index is -0.856. The predicted molar refractivity (Wildman–Crippen MR) is 122 cm³/mol. The van der Waals surface area contributed by atoms with Gasteiger partial charge in [0.2, 0.25) is 0 Å². The molecule has 2 aliphatic carbocycles. The van der Waals surface area contributed by atoms with Gasteiger partial charge < -0.3 is 24.0 Å². The Morgan fingerprint density at radius 1 is 1.16 bits per heavy atom. The molecule has 3 aliphatic heterocycles. The van der Waals surface area contributed by atoms with Crippen molar-refractivity contribution in [3.63, 3.8) is 0 Å². The lowest BCUT2D eigenvalue weighted by atomic mass is 9.49. The molecule has 164 valence electrons. The Hall–Kier alpha value is -2.50. The predicted octanol–water partition coefficient (Wildman–Crippen LogP) is 3.52. The lowest BCUT2D eigenvalue weighted by molar-refractivity contribution is -0.168. The van der Waals surface area contributed by atoms with Gasteiger partial charge in [0.15, 0.2) is 17.6 Å². The third-order valence-electron chi connectivity index (χ3n) is 9.52. The summed E-state index contributed by atoms with van der Waals surface area (Å²) in [5, 5.41) is 14.1. The maximum absolute atomic E-state index is 12.7. The second-order valence-electron chi connectivity index (χ2n) is 10.6. The topological polar surface area (TPSA) is 46.9 Å². The molecule has 4 atom stereocenters. The smallest absolute Gasteiger partial charge is 0.166 e. The first-order valence-corrected chi connectivity index (χ1v) is 12.0. The van der Waals surface area contributed by atoms with E-state index in [0.717, 1.165) is 50.3 Å². The van der Waals surface area contributed by atoms with Crippen molar-refractivity contribution in [2.75, 3.05) is 20.7 Å². The average molecular weight is 429 g/mol. The molecule has 1 spiro atoms. The average Bonchev–Trinajstić information content (AvgIpc) is 3.30. The van der Waals surface area contributed by atoms with Crippen LogP contribution in [0.25, 0.3) is 10.9 Å². The van der Waals surface area contributed by atoms with Crippen molar-refractivity contribution < 1.29 is 14.6 Å². The summed E-state index contributed by atoms with van der Waals surface area (Å²) in [4.78, 5) is 2.39. The van der Waals surface area contributed by atoms with Crippen LogP contribution in [0, 0.1) is 0 Å². The van der Waals surface area contributed by atoms with Crippen LogP contribution < -0.4 is 9.47 Å². The molecule has 3 aromatic rings. The molecule has 1 N–H and O–H groups in total. The SMILES string of the molecule is COc1ccc2c3c1O[C@H]1c4c(c5cccc6c5n4CCC6)C[C@@]4(O)[C@@H](C2)N(C)CC[C@]314. The molecule has 1 saturated heterocycles. The zero-order valence-electron chi connectivity index (χ0n) is 18.6. The van der Waals surface area contributed by atoms with Crippen LogP contribution in [-0.2, 0) is 31.2 Å². The molecule has 5 nitrogen and oxygen atoms in total. The Bertz CT molecular complexity index is 1340. The maximum atomic E-state index is 12.7. The van der Waals surface area contributed by atoms with E-state index in [4.69, 9.17) is 9.47 Å². The fourth-order valence-electron chi connectivity index (χ4n) is 8.27. The molecule has 4 heterocycles. The van der Waals surface area contributed by atoms with Crippen LogP contribution in [0.1, 0.15) is 46.9 Å². The van der Waals surface area contributed by atoms with Crippen molar-refractivity contribution in [1.82, 2.24) is 9.47 Å². The van der Waals surface area contributed by atoms with E-state index >= 15 is 0 Å². The van der Waals surface area contributed by atoms with Crippen molar-refractivity contribution in [1.29, 1.82) is 0 Å². The van der Waals surface area contributed by atoms with Crippen LogP contribution in [0.4, 0.5) is 0 Å². The van der Waals surface area contributed by atoms with Gasteiger partial charge in [-0.3, -0.25) is 0 Å².